The van der Waals surface area contributed by atoms with Gasteiger partial charge in [-0.3, -0.25) is 0 Å². The van der Waals surface area contributed by atoms with E-state index in [4.69, 9.17) is 4.74 Å². The summed E-state index contributed by atoms with van der Waals surface area (Å²) in [4.78, 5) is 0. The molecule has 66 valence electrons. The molecular formula is C10H20O. The van der Waals surface area contributed by atoms with Gasteiger partial charge < -0.3 is 4.74 Å². The minimum Gasteiger partial charge on any atom is -0.375 e. The second-order valence-electron chi connectivity index (χ2n) is 5.07. The molecule has 0 aliphatic heterocycles. The Labute approximate surface area is 70.1 Å². The highest BCUT2D eigenvalue weighted by Crippen LogP contribution is 2.40. The molecule has 1 fully saturated rings. The molecule has 0 N–H and O–H groups in total. The molecule has 1 aliphatic rings. The Morgan fingerprint density at radius 1 is 1.27 bits per heavy atom. The highest BCUT2D eigenvalue weighted by atomic mass is 16.5. The molecule has 1 aliphatic carbocycles. The van der Waals surface area contributed by atoms with Crippen LogP contribution in [0.4, 0.5) is 0 Å². The average molecular weight is 156 g/mol. The van der Waals surface area contributed by atoms with Crippen LogP contribution in [0, 0.1) is 5.41 Å². The molecule has 0 atom stereocenters. The Hall–Kier alpha value is -0.0400. The lowest BCUT2D eigenvalue weighted by Crippen LogP contribution is -2.35. The molecule has 0 spiro atoms. The largest absolute Gasteiger partial charge is 0.375 e. The van der Waals surface area contributed by atoms with Crippen molar-refractivity contribution in [2.24, 2.45) is 5.41 Å². The van der Waals surface area contributed by atoms with Crippen LogP contribution in [0.15, 0.2) is 0 Å². The smallest absolute Gasteiger partial charge is 0.0598 e. The summed E-state index contributed by atoms with van der Waals surface area (Å²) in [5.41, 5.74) is 0.547. The average Bonchev–Trinajstić information content (AvgIpc) is 1.77. The van der Waals surface area contributed by atoms with E-state index in [1.165, 1.54) is 19.3 Å². The third-order valence-corrected chi connectivity index (χ3v) is 2.41. The van der Waals surface area contributed by atoms with Crippen molar-refractivity contribution in [2.45, 2.75) is 52.6 Å². The molecule has 0 radical (unpaired) electrons. The topological polar surface area (TPSA) is 9.23 Å². The third kappa shape index (κ3) is 2.82. The fourth-order valence-electron chi connectivity index (χ4n) is 1.32. The number of ether oxygens (including phenoxy) is 1. The van der Waals surface area contributed by atoms with Crippen molar-refractivity contribution in [3.05, 3.63) is 0 Å². The van der Waals surface area contributed by atoms with Crippen LogP contribution >= 0.6 is 0 Å². The van der Waals surface area contributed by atoms with Crippen LogP contribution in [-0.4, -0.2) is 12.2 Å². The van der Waals surface area contributed by atoms with Crippen molar-refractivity contribution < 1.29 is 4.74 Å². The molecule has 0 unspecified atom stereocenters. The summed E-state index contributed by atoms with van der Waals surface area (Å²) >= 11 is 0. The van der Waals surface area contributed by atoms with Crippen LogP contribution in [0.1, 0.15) is 47.0 Å². The first-order chi connectivity index (χ1) is 4.91. The summed E-state index contributed by atoms with van der Waals surface area (Å²) in [5, 5.41) is 0. The molecule has 11 heavy (non-hydrogen) atoms. The Morgan fingerprint density at radius 2 is 1.82 bits per heavy atom. The van der Waals surface area contributed by atoms with E-state index in [2.05, 4.69) is 27.7 Å². The molecule has 0 aromatic heterocycles. The predicted octanol–water partition coefficient (Wildman–Crippen LogP) is 2.99. The molecule has 1 nitrogen and oxygen atoms in total. The predicted molar refractivity (Wildman–Crippen MR) is 47.7 cm³/mol. The summed E-state index contributed by atoms with van der Waals surface area (Å²) in [6.07, 6.45) is 4.09. The van der Waals surface area contributed by atoms with Crippen molar-refractivity contribution in [1.29, 1.82) is 0 Å². The minimum absolute atomic E-state index is 0.0403. The van der Waals surface area contributed by atoms with Gasteiger partial charge in [0.05, 0.1) is 12.2 Å². The van der Waals surface area contributed by atoms with Crippen LogP contribution in [0.25, 0.3) is 0 Å². The van der Waals surface area contributed by atoms with Crippen molar-refractivity contribution in [2.75, 3.05) is 6.61 Å². The monoisotopic (exact) mass is 156 g/mol. The minimum atomic E-state index is 0.0403. The summed E-state index contributed by atoms with van der Waals surface area (Å²) in [7, 11) is 0. The van der Waals surface area contributed by atoms with Gasteiger partial charge in [0.1, 0.15) is 0 Å². The van der Waals surface area contributed by atoms with Crippen LogP contribution in [0.3, 0.4) is 0 Å². The van der Waals surface area contributed by atoms with E-state index in [1.807, 2.05) is 0 Å². The Bertz CT molecular complexity index is 128. The zero-order valence-corrected chi connectivity index (χ0v) is 8.24. The first kappa shape index (κ1) is 9.05. The number of hydrogen-bond acceptors (Lipinski definition) is 1. The quantitative estimate of drug-likeness (QED) is 0.597. The normalized spacial score (nSPS) is 22.9. The van der Waals surface area contributed by atoms with Gasteiger partial charge in [0.15, 0.2) is 0 Å². The first-order valence-corrected chi connectivity index (χ1v) is 4.55. The van der Waals surface area contributed by atoms with Gasteiger partial charge >= 0.3 is 0 Å². The number of hydrogen-bond donors (Lipinski definition) is 0. The fourth-order valence-corrected chi connectivity index (χ4v) is 1.32. The van der Waals surface area contributed by atoms with Gasteiger partial charge in [0, 0.05) is 0 Å². The highest BCUT2D eigenvalue weighted by molar-refractivity contribution is 4.83. The second kappa shape index (κ2) is 2.78. The highest BCUT2D eigenvalue weighted by Gasteiger charge is 2.33. The molecule has 1 saturated carbocycles. The van der Waals surface area contributed by atoms with Crippen molar-refractivity contribution in [3.63, 3.8) is 0 Å². The van der Waals surface area contributed by atoms with Crippen LogP contribution in [0.2, 0.25) is 0 Å². The van der Waals surface area contributed by atoms with Gasteiger partial charge in [-0.1, -0.05) is 13.3 Å². The third-order valence-electron chi connectivity index (χ3n) is 2.41. The Balaban J connectivity index is 2.21. The van der Waals surface area contributed by atoms with Crippen LogP contribution in [0.5, 0.6) is 0 Å². The van der Waals surface area contributed by atoms with Crippen molar-refractivity contribution in [1.82, 2.24) is 0 Å². The molecule has 0 aromatic carbocycles. The Kier molecular flexibility index (Phi) is 2.29. The van der Waals surface area contributed by atoms with Crippen LogP contribution < -0.4 is 0 Å². The van der Waals surface area contributed by atoms with Crippen molar-refractivity contribution in [3.8, 4) is 0 Å². The molecule has 0 bridgehead atoms. The van der Waals surface area contributed by atoms with E-state index < -0.39 is 0 Å². The Morgan fingerprint density at radius 3 is 2.09 bits per heavy atom. The van der Waals surface area contributed by atoms with E-state index >= 15 is 0 Å². The zero-order chi connectivity index (χ0) is 8.54. The molecule has 0 heterocycles. The van der Waals surface area contributed by atoms with Gasteiger partial charge in [-0.25, -0.2) is 0 Å². The van der Waals surface area contributed by atoms with Gasteiger partial charge in [0.25, 0.3) is 0 Å². The van der Waals surface area contributed by atoms with Crippen molar-refractivity contribution >= 4 is 0 Å². The van der Waals surface area contributed by atoms with E-state index in [0.29, 0.717) is 5.41 Å². The first-order valence-electron chi connectivity index (χ1n) is 4.55. The van der Waals surface area contributed by atoms with Gasteiger partial charge in [-0.2, -0.15) is 0 Å². The van der Waals surface area contributed by atoms with E-state index in [9.17, 15) is 0 Å². The van der Waals surface area contributed by atoms with Crippen LogP contribution in [-0.2, 0) is 4.74 Å². The summed E-state index contributed by atoms with van der Waals surface area (Å²) in [6, 6.07) is 0. The van der Waals surface area contributed by atoms with Gasteiger partial charge in [0.2, 0.25) is 0 Å². The van der Waals surface area contributed by atoms with Gasteiger partial charge in [-0.15, -0.1) is 0 Å². The maximum absolute atomic E-state index is 5.74. The van der Waals surface area contributed by atoms with E-state index in [1.54, 1.807) is 0 Å². The molecule has 0 aromatic rings. The maximum Gasteiger partial charge on any atom is 0.0598 e. The van der Waals surface area contributed by atoms with E-state index in [0.717, 1.165) is 6.61 Å². The lowest BCUT2D eigenvalue weighted by atomic mass is 9.71. The molecule has 1 rings (SSSR count). The second-order valence-corrected chi connectivity index (χ2v) is 5.07. The molecule has 0 saturated heterocycles. The standard InChI is InChI=1S/C10H20O/c1-9(2,3)11-8-10(4)6-5-7-10/h5-8H2,1-4H3. The maximum atomic E-state index is 5.74. The molecule has 0 amide bonds. The molecular weight excluding hydrogens is 136 g/mol. The fraction of sp³-hybridized carbons (Fsp3) is 1.00. The SMILES string of the molecule is CC1(COC(C)(C)C)CCC1. The van der Waals surface area contributed by atoms with Gasteiger partial charge in [-0.05, 0) is 39.0 Å². The lowest BCUT2D eigenvalue weighted by molar-refractivity contribution is -0.0709. The summed E-state index contributed by atoms with van der Waals surface area (Å²) in [6.45, 7) is 9.62. The lowest BCUT2D eigenvalue weighted by Gasteiger charge is -2.40. The summed E-state index contributed by atoms with van der Waals surface area (Å²) < 4.78 is 5.74. The van der Waals surface area contributed by atoms with E-state index in [-0.39, 0.29) is 5.60 Å². The summed E-state index contributed by atoms with van der Waals surface area (Å²) in [5.74, 6) is 0. The zero-order valence-electron chi connectivity index (χ0n) is 8.24. The molecule has 1 heteroatoms. The number of rotatable bonds is 2.